The standard InChI is InChI=1S/C24H23F2N3O4/c1-31-18-7-4-16(5-8-18)20-15-17(6-9-21(20)33-24(25)26)28-23(30)19-3-2-10-27-22(19)29-11-13-32-14-12-29/h2-10,15,24H,11-14H2,1H3,(H,28,30). The van der Waals surface area contributed by atoms with E-state index in [2.05, 4.69) is 10.3 Å². The van der Waals surface area contributed by atoms with Gasteiger partial charge in [-0.25, -0.2) is 4.98 Å². The number of carbonyl (C=O) groups excluding carboxylic acids is 1. The largest absolute Gasteiger partial charge is 0.497 e. The van der Waals surface area contributed by atoms with Gasteiger partial charge in [0.2, 0.25) is 0 Å². The number of carbonyl (C=O) groups is 1. The summed E-state index contributed by atoms with van der Waals surface area (Å²) < 4.78 is 41.1. The first-order valence-electron chi connectivity index (χ1n) is 10.4. The zero-order chi connectivity index (χ0) is 23.2. The number of ether oxygens (including phenoxy) is 3. The second kappa shape index (κ2) is 10.3. The van der Waals surface area contributed by atoms with E-state index in [0.717, 1.165) is 0 Å². The number of alkyl halides is 2. The van der Waals surface area contributed by atoms with E-state index in [1.165, 1.54) is 12.1 Å². The fourth-order valence-corrected chi connectivity index (χ4v) is 3.60. The minimum Gasteiger partial charge on any atom is -0.497 e. The van der Waals surface area contributed by atoms with Gasteiger partial charge in [-0.1, -0.05) is 12.1 Å². The molecule has 1 fully saturated rings. The fraction of sp³-hybridized carbons (Fsp3) is 0.250. The molecule has 1 aliphatic rings. The lowest BCUT2D eigenvalue weighted by atomic mass is 10.0. The zero-order valence-corrected chi connectivity index (χ0v) is 18.0. The normalized spacial score (nSPS) is 13.6. The van der Waals surface area contributed by atoms with Crippen LogP contribution in [0.4, 0.5) is 20.3 Å². The SMILES string of the molecule is COc1ccc(-c2cc(NC(=O)c3cccnc3N3CCOCC3)ccc2OC(F)F)cc1. The highest BCUT2D eigenvalue weighted by atomic mass is 19.3. The van der Waals surface area contributed by atoms with Crippen LogP contribution in [0.25, 0.3) is 11.1 Å². The Labute approximate surface area is 189 Å². The molecule has 0 aliphatic carbocycles. The molecule has 1 N–H and O–H groups in total. The quantitative estimate of drug-likeness (QED) is 0.568. The third-order valence-corrected chi connectivity index (χ3v) is 5.20. The molecular formula is C24H23F2N3O4. The second-order valence-electron chi connectivity index (χ2n) is 7.25. The number of hydrogen-bond donors (Lipinski definition) is 1. The van der Waals surface area contributed by atoms with Gasteiger partial charge in [0.1, 0.15) is 17.3 Å². The van der Waals surface area contributed by atoms with E-state index >= 15 is 0 Å². The van der Waals surface area contributed by atoms with Crippen molar-refractivity contribution in [1.82, 2.24) is 4.98 Å². The minimum absolute atomic E-state index is 0.00329. The van der Waals surface area contributed by atoms with Crippen molar-refractivity contribution in [3.8, 4) is 22.6 Å². The number of halogens is 2. The highest BCUT2D eigenvalue weighted by Gasteiger charge is 2.21. The average molecular weight is 455 g/mol. The number of nitrogens with one attached hydrogen (secondary N) is 1. The van der Waals surface area contributed by atoms with Gasteiger partial charge in [0.05, 0.1) is 25.9 Å². The maximum Gasteiger partial charge on any atom is 0.387 e. The van der Waals surface area contributed by atoms with Crippen LogP contribution in [-0.4, -0.2) is 50.9 Å². The van der Waals surface area contributed by atoms with Crippen molar-refractivity contribution in [3.63, 3.8) is 0 Å². The van der Waals surface area contributed by atoms with Gasteiger partial charge in [0, 0.05) is 30.5 Å². The summed E-state index contributed by atoms with van der Waals surface area (Å²) in [6.45, 7) is -0.575. The Kier molecular flexibility index (Phi) is 6.99. The lowest BCUT2D eigenvalue weighted by Crippen LogP contribution is -2.38. The van der Waals surface area contributed by atoms with Gasteiger partial charge in [-0.2, -0.15) is 8.78 Å². The average Bonchev–Trinajstić information content (AvgIpc) is 2.85. The van der Waals surface area contributed by atoms with E-state index < -0.39 is 6.61 Å². The summed E-state index contributed by atoms with van der Waals surface area (Å²) in [6, 6.07) is 14.8. The maximum atomic E-state index is 13.1. The Morgan fingerprint density at radius 2 is 1.88 bits per heavy atom. The van der Waals surface area contributed by atoms with Crippen LogP contribution in [0.2, 0.25) is 0 Å². The highest BCUT2D eigenvalue weighted by Crippen LogP contribution is 2.35. The maximum absolute atomic E-state index is 13.1. The smallest absolute Gasteiger partial charge is 0.387 e. The van der Waals surface area contributed by atoms with E-state index in [4.69, 9.17) is 14.2 Å². The van der Waals surface area contributed by atoms with Gasteiger partial charge in [-0.05, 0) is 48.0 Å². The number of anilines is 2. The summed E-state index contributed by atoms with van der Waals surface area (Å²) >= 11 is 0. The van der Waals surface area contributed by atoms with Crippen LogP contribution in [0.3, 0.4) is 0 Å². The molecule has 0 bridgehead atoms. The molecule has 7 nitrogen and oxygen atoms in total. The zero-order valence-electron chi connectivity index (χ0n) is 18.0. The second-order valence-corrected chi connectivity index (χ2v) is 7.25. The van der Waals surface area contributed by atoms with Gasteiger partial charge in [-0.3, -0.25) is 4.79 Å². The Balaban J connectivity index is 1.62. The van der Waals surface area contributed by atoms with E-state index in [9.17, 15) is 13.6 Å². The predicted molar refractivity (Wildman–Crippen MR) is 120 cm³/mol. The molecule has 1 saturated heterocycles. The molecular weight excluding hydrogens is 432 g/mol. The van der Waals surface area contributed by atoms with Gasteiger partial charge >= 0.3 is 6.61 Å². The molecule has 1 amide bonds. The molecule has 172 valence electrons. The lowest BCUT2D eigenvalue weighted by Gasteiger charge is -2.29. The third-order valence-electron chi connectivity index (χ3n) is 5.20. The van der Waals surface area contributed by atoms with Crippen molar-refractivity contribution in [2.45, 2.75) is 6.61 Å². The van der Waals surface area contributed by atoms with E-state index in [1.54, 1.807) is 55.8 Å². The molecule has 0 atom stereocenters. The first-order chi connectivity index (χ1) is 16.0. The van der Waals surface area contributed by atoms with Crippen LogP contribution in [0.15, 0.2) is 60.8 Å². The highest BCUT2D eigenvalue weighted by molar-refractivity contribution is 6.07. The Morgan fingerprint density at radius 1 is 1.12 bits per heavy atom. The number of morpholine rings is 1. The van der Waals surface area contributed by atoms with E-state index in [1.807, 2.05) is 4.90 Å². The van der Waals surface area contributed by atoms with Crippen molar-refractivity contribution in [3.05, 3.63) is 66.4 Å². The number of nitrogens with zero attached hydrogens (tertiary/aromatic N) is 2. The van der Waals surface area contributed by atoms with Gasteiger partial charge in [0.25, 0.3) is 5.91 Å². The molecule has 4 rings (SSSR count). The van der Waals surface area contributed by atoms with Crippen molar-refractivity contribution < 1.29 is 27.8 Å². The third kappa shape index (κ3) is 5.38. The van der Waals surface area contributed by atoms with Gasteiger partial charge in [-0.15, -0.1) is 0 Å². The van der Waals surface area contributed by atoms with E-state index in [0.29, 0.717) is 60.2 Å². The van der Waals surface area contributed by atoms with E-state index in [-0.39, 0.29) is 11.7 Å². The number of rotatable bonds is 7. The molecule has 1 aromatic heterocycles. The topological polar surface area (TPSA) is 72.9 Å². The summed E-state index contributed by atoms with van der Waals surface area (Å²) in [4.78, 5) is 19.5. The van der Waals surface area contributed by atoms with Crippen LogP contribution in [0.5, 0.6) is 11.5 Å². The van der Waals surface area contributed by atoms with Gasteiger partial charge < -0.3 is 24.4 Å². The molecule has 3 aromatic rings. The first-order valence-corrected chi connectivity index (χ1v) is 10.4. The Hall–Kier alpha value is -3.72. The van der Waals surface area contributed by atoms with Crippen LogP contribution in [-0.2, 0) is 4.74 Å². The Morgan fingerprint density at radius 3 is 2.58 bits per heavy atom. The first kappa shape index (κ1) is 22.5. The number of pyridine rings is 1. The molecule has 9 heteroatoms. The molecule has 0 unspecified atom stereocenters. The van der Waals surface area contributed by atoms with Crippen LogP contribution in [0.1, 0.15) is 10.4 Å². The molecule has 2 aromatic carbocycles. The summed E-state index contributed by atoms with van der Waals surface area (Å²) in [5.74, 6) is 0.856. The van der Waals surface area contributed by atoms with Gasteiger partial charge in [0.15, 0.2) is 0 Å². The fourth-order valence-electron chi connectivity index (χ4n) is 3.60. The monoisotopic (exact) mass is 455 g/mol. The van der Waals surface area contributed by atoms with Crippen molar-refractivity contribution in [1.29, 1.82) is 0 Å². The van der Waals surface area contributed by atoms with Crippen LogP contribution in [0, 0.1) is 0 Å². The molecule has 33 heavy (non-hydrogen) atoms. The molecule has 0 saturated carbocycles. The van der Waals surface area contributed by atoms with Crippen LogP contribution >= 0.6 is 0 Å². The van der Waals surface area contributed by atoms with Crippen molar-refractivity contribution in [2.75, 3.05) is 43.6 Å². The summed E-state index contributed by atoms with van der Waals surface area (Å²) in [5, 5.41) is 2.85. The number of methoxy groups -OCH3 is 1. The molecule has 0 spiro atoms. The number of hydrogen-bond acceptors (Lipinski definition) is 6. The minimum atomic E-state index is -2.98. The molecule has 1 aliphatic heterocycles. The lowest BCUT2D eigenvalue weighted by molar-refractivity contribution is -0.0494. The van der Waals surface area contributed by atoms with Crippen LogP contribution < -0.4 is 19.7 Å². The summed E-state index contributed by atoms with van der Waals surface area (Å²) in [5.41, 5.74) is 1.90. The van der Waals surface area contributed by atoms with Crippen molar-refractivity contribution >= 4 is 17.4 Å². The number of amides is 1. The summed E-state index contributed by atoms with van der Waals surface area (Å²) in [6.07, 6.45) is 1.64. The number of aromatic nitrogens is 1. The molecule has 0 radical (unpaired) electrons. The Bertz CT molecular complexity index is 1100. The number of benzene rings is 2. The van der Waals surface area contributed by atoms with Crippen molar-refractivity contribution in [2.24, 2.45) is 0 Å². The summed E-state index contributed by atoms with van der Waals surface area (Å²) in [7, 11) is 1.54. The predicted octanol–water partition coefficient (Wildman–Crippen LogP) is 4.45. The molecule has 2 heterocycles.